The summed E-state index contributed by atoms with van der Waals surface area (Å²) in [5.41, 5.74) is 2.19. The number of rotatable bonds is 5. The number of benzene rings is 2. The summed E-state index contributed by atoms with van der Waals surface area (Å²) in [5, 5.41) is 0. The van der Waals surface area contributed by atoms with Crippen molar-refractivity contribution in [3.8, 4) is 17.2 Å². The lowest BCUT2D eigenvalue weighted by Gasteiger charge is -2.24. The molecule has 1 aromatic heterocycles. The molecule has 0 fully saturated rings. The summed E-state index contributed by atoms with van der Waals surface area (Å²) in [6.45, 7) is 3.91. The summed E-state index contributed by atoms with van der Waals surface area (Å²) in [6, 6.07) is 12.1. The fraction of sp³-hybridized carbons (Fsp3) is 0.240. The molecule has 174 valence electrons. The minimum atomic E-state index is -0.667. The quantitative estimate of drug-likeness (QED) is 0.524. The molecule has 8 nitrogen and oxygen atoms in total. The van der Waals surface area contributed by atoms with Crippen molar-refractivity contribution in [2.75, 3.05) is 20.5 Å². The summed E-state index contributed by atoms with van der Waals surface area (Å²) in [6.07, 6.45) is 1.79. The van der Waals surface area contributed by atoms with Gasteiger partial charge in [0.15, 0.2) is 16.3 Å². The number of carbonyl (C=O) groups excluding carboxylic acids is 1. The molecule has 5 rings (SSSR count). The van der Waals surface area contributed by atoms with Crippen LogP contribution in [-0.4, -0.2) is 31.0 Å². The standard InChI is InChI=1S/C25H22N2O6S/c1-4-31-24(29)21-14(2)26-25-27(22(21)16-6-8-17(30-3)9-7-16)23(28)20(34-25)12-15-5-10-18-19(11-15)33-13-32-18/h5-12,22H,4,13H2,1-3H3/b20-12-. The molecule has 2 aliphatic heterocycles. The van der Waals surface area contributed by atoms with Gasteiger partial charge in [-0.3, -0.25) is 9.36 Å². The van der Waals surface area contributed by atoms with Crippen LogP contribution in [0.25, 0.3) is 6.08 Å². The van der Waals surface area contributed by atoms with Crippen LogP contribution in [0.5, 0.6) is 17.2 Å². The molecule has 2 aliphatic rings. The van der Waals surface area contributed by atoms with Crippen LogP contribution < -0.4 is 29.1 Å². The fourth-order valence-electron chi connectivity index (χ4n) is 4.05. The van der Waals surface area contributed by atoms with Crippen LogP contribution >= 0.6 is 11.3 Å². The highest BCUT2D eigenvalue weighted by atomic mass is 32.1. The number of hydrogen-bond donors (Lipinski definition) is 0. The first-order chi connectivity index (χ1) is 16.5. The Bertz CT molecular complexity index is 1480. The van der Waals surface area contributed by atoms with Crippen LogP contribution in [0.15, 0.2) is 63.5 Å². The second-order valence-electron chi connectivity index (χ2n) is 7.69. The molecule has 3 heterocycles. The van der Waals surface area contributed by atoms with E-state index in [1.165, 1.54) is 11.3 Å². The van der Waals surface area contributed by atoms with Crippen molar-refractivity contribution < 1.29 is 23.7 Å². The predicted molar refractivity (Wildman–Crippen MR) is 126 cm³/mol. The lowest BCUT2D eigenvalue weighted by atomic mass is 9.96. The van der Waals surface area contributed by atoms with Gasteiger partial charge in [0.1, 0.15) is 5.75 Å². The van der Waals surface area contributed by atoms with Crippen LogP contribution in [0.3, 0.4) is 0 Å². The molecule has 0 amide bonds. The maximum Gasteiger partial charge on any atom is 0.338 e. The zero-order chi connectivity index (χ0) is 23.8. The van der Waals surface area contributed by atoms with Gasteiger partial charge in [-0.15, -0.1) is 0 Å². The topological polar surface area (TPSA) is 88.4 Å². The lowest BCUT2D eigenvalue weighted by Crippen LogP contribution is -2.39. The molecular formula is C25H22N2O6S. The summed E-state index contributed by atoms with van der Waals surface area (Å²) in [5.74, 6) is 1.50. The van der Waals surface area contributed by atoms with Crippen molar-refractivity contribution in [3.05, 3.63) is 84.5 Å². The van der Waals surface area contributed by atoms with Gasteiger partial charge in [0.05, 0.1) is 35.6 Å². The highest BCUT2D eigenvalue weighted by molar-refractivity contribution is 7.07. The van der Waals surface area contributed by atoms with Crippen LogP contribution in [0.1, 0.15) is 31.0 Å². The Balaban J connectivity index is 1.68. The number of thiazole rings is 1. The largest absolute Gasteiger partial charge is 0.497 e. The average Bonchev–Trinajstić information content (AvgIpc) is 3.42. The summed E-state index contributed by atoms with van der Waals surface area (Å²) in [7, 11) is 1.59. The van der Waals surface area contributed by atoms with E-state index in [1.807, 2.05) is 30.3 Å². The van der Waals surface area contributed by atoms with E-state index in [9.17, 15) is 9.59 Å². The Morgan fingerprint density at radius 2 is 1.97 bits per heavy atom. The van der Waals surface area contributed by atoms with E-state index in [1.54, 1.807) is 43.7 Å². The number of allylic oxidation sites excluding steroid dienone is 1. The van der Waals surface area contributed by atoms with Gasteiger partial charge >= 0.3 is 5.97 Å². The molecular weight excluding hydrogens is 456 g/mol. The first kappa shape index (κ1) is 22.0. The van der Waals surface area contributed by atoms with E-state index in [-0.39, 0.29) is 19.0 Å². The Hall–Kier alpha value is -3.85. The minimum Gasteiger partial charge on any atom is -0.497 e. The molecule has 0 radical (unpaired) electrons. The van der Waals surface area contributed by atoms with Crippen molar-refractivity contribution in [2.45, 2.75) is 19.9 Å². The Kier molecular flexibility index (Phi) is 5.70. The lowest BCUT2D eigenvalue weighted by molar-refractivity contribution is -0.139. The first-order valence-corrected chi connectivity index (χ1v) is 11.5. The van der Waals surface area contributed by atoms with E-state index < -0.39 is 12.0 Å². The van der Waals surface area contributed by atoms with Gasteiger partial charge in [-0.25, -0.2) is 9.79 Å². The Labute approximate surface area is 199 Å². The van der Waals surface area contributed by atoms with Crippen molar-refractivity contribution in [1.29, 1.82) is 0 Å². The van der Waals surface area contributed by atoms with Gasteiger partial charge in [-0.05, 0) is 55.3 Å². The highest BCUT2D eigenvalue weighted by Crippen LogP contribution is 2.33. The third kappa shape index (κ3) is 3.77. The zero-order valence-corrected chi connectivity index (χ0v) is 19.7. The molecule has 3 aromatic rings. The van der Waals surface area contributed by atoms with Crippen molar-refractivity contribution in [3.63, 3.8) is 0 Å². The van der Waals surface area contributed by atoms with E-state index in [0.717, 1.165) is 11.1 Å². The monoisotopic (exact) mass is 478 g/mol. The smallest absolute Gasteiger partial charge is 0.338 e. The van der Waals surface area contributed by atoms with Crippen molar-refractivity contribution >= 4 is 23.4 Å². The number of fused-ring (bicyclic) bond motifs is 2. The second-order valence-corrected chi connectivity index (χ2v) is 8.70. The van der Waals surface area contributed by atoms with Gasteiger partial charge < -0.3 is 18.9 Å². The normalized spacial score (nSPS) is 16.8. The number of methoxy groups -OCH3 is 1. The van der Waals surface area contributed by atoms with Gasteiger partial charge in [-0.2, -0.15) is 0 Å². The van der Waals surface area contributed by atoms with Crippen LogP contribution in [0, 0.1) is 0 Å². The van der Waals surface area contributed by atoms with Gasteiger partial charge in [-0.1, -0.05) is 29.5 Å². The first-order valence-electron chi connectivity index (χ1n) is 10.7. The third-order valence-electron chi connectivity index (χ3n) is 5.64. The molecule has 0 saturated heterocycles. The van der Waals surface area contributed by atoms with Crippen LogP contribution in [-0.2, 0) is 9.53 Å². The van der Waals surface area contributed by atoms with Crippen LogP contribution in [0.2, 0.25) is 0 Å². The molecule has 0 bridgehead atoms. The van der Waals surface area contributed by atoms with E-state index >= 15 is 0 Å². The second kappa shape index (κ2) is 8.83. The van der Waals surface area contributed by atoms with Crippen molar-refractivity contribution in [2.24, 2.45) is 4.99 Å². The third-order valence-corrected chi connectivity index (χ3v) is 6.63. The molecule has 2 aromatic carbocycles. The van der Waals surface area contributed by atoms with E-state index in [2.05, 4.69) is 4.99 Å². The number of esters is 1. The summed E-state index contributed by atoms with van der Waals surface area (Å²) < 4.78 is 23.5. The molecule has 0 N–H and O–H groups in total. The number of ether oxygens (including phenoxy) is 4. The van der Waals surface area contributed by atoms with Gasteiger partial charge in [0, 0.05) is 0 Å². The van der Waals surface area contributed by atoms with E-state index in [0.29, 0.717) is 37.9 Å². The van der Waals surface area contributed by atoms with Crippen molar-refractivity contribution in [1.82, 2.24) is 4.57 Å². The Morgan fingerprint density at radius 3 is 2.71 bits per heavy atom. The number of nitrogens with zero attached hydrogens (tertiary/aromatic N) is 2. The zero-order valence-electron chi connectivity index (χ0n) is 18.9. The number of hydrogen-bond acceptors (Lipinski definition) is 8. The molecule has 0 aliphatic carbocycles. The Morgan fingerprint density at radius 1 is 1.21 bits per heavy atom. The average molecular weight is 479 g/mol. The predicted octanol–water partition coefficient (Wildman–Crippen LogP) is 2.54. The summed E-state index contributed by atoms with van der Waals surface area (Å²) in [4.78, 5) is 31.7. The minimum absolute atomic E-state index is 0.179. The van der Waals surface area contributed by atoms with Crippen LogP contribution in [0.4, 0.5) is 0 Å². The number of aromatic nitrogens is 1. The maximum absolute atomic E-state index is 13.6. The highest BCUT2D eigenvalue weighted by Gasteiger charge is 2.33. The molecule has 34 heavy (non-hydrogen) atoms. The molecule has 9 heteroatoms. The van der Waals surface area contributed by atoms with E-state index in [4.69, 9.17) is 18.9 Å². The SMILES string of the molecule is CCOC(=O)C1=C(C)N=c2s/c(=C\c3ccc4c(c3)OCO4)c(=O)n2C1c1ccc(OC)cc1. The number of carbonyl (C=O) groups is 1. The fourth-order valence-corrected chi connectivity index (χ4v) is 5.09. The summed E-state index contributed by atoms with van der Waals surface area (Å²) >= 11 is 1.27. The molecule has 0 saturated carbocycles. The van der Waals surface area contributed by atoms with Gasteiger partial charge in [0.2, 0.25) is 6.79 Å². The van der Waals surface area contributed by atoms with Gasteiger partial charge in [0.25, 0.3) is 5.56 Å². The maximum atomic E-state index is 13.6. The molecule has 1 unspecified atom stereocenters. The molecule has 0 spiro atoms. The molecule has 1 atom stereocenters.